The first kappa shape index (κ1) is 8.65. The van der Waals surface area contributed by atoms with Crippen LogP contribution in [0.3, 0.4) is 0 Å². The smallest absolute Gasteiger partial charge is 0.0625 e. The van der Waals surface area contributed by atoms with Crippen molar-refractivity contribution in [3.63, 3.8) is 0 Å². The minimum Gasteiger partial charge on any atom is -0.269 e. The molecule has 1 heterocycles. The van der Waals surface area contributed by atoms with Crippen molar-refractivity contribution < 1.29 is 0 Å². The zero-order valence-corrected chi connectivity index (χ0v) is 7.93. The van der Waals surface area contributed by atoms with Gasteiger partial charge in [-0.3, -0.25) is 4.68 Å². The first-order chi connectivity index (χ1) is 5.31. The van der Waals surface area contributed by atoms with E-state index >= 15 is 0 Å². The summed E-state index contributed by atoms with van der Waals surface area (Å²) >= 11 is 4.23. The number of thiol groups is 1. The predicted octanol–water partition coefficient (Wildman–Crippen LogP) is 1.90. The molecule has 0 N–H and O–H groups in total. The molecule has 0 atom stereocenters. The number of rotatable bonds is 3. The fourth-order valence-corrected chi connectivity index (χ4v) is 1.34. The van der Waals surface area contributed by atoms with Crippen LogP contribution in [0.15, 0.2) is 6.07 Å². The normalized spacial score (nSPS) is 10.5. The molecule has 1 rings (SSSR count). The summed E-state index contributed by atoms with van der Waals surface area (Å²) in [5, 5.41) is 4.39. The number of aromatic nitrogens is 2. The molecule has 1 aromatic heterocycles. The first-order valence-corrected chi connectivity index (χ1v) is 4.61. The van der Waals surface area contributed by atoms with Crippen LogP contribution in [0.25, 0.3) is 0 Å². The molecule has 0 bridgehead atoms. The second kappa shape index (κ2) is 3.81. The Bertz CT molecular complexity index is 208. The molecule has 1 aromatic rings. The minimum atomic E-state index is 0.779. The lowest BCUT2D eigenvalue weighted by atomic mass is 10.3. The van der Waals surface area contributed by atoms with Crippen molar-refractivity contribution in [3.8, 4) is 0 Å². The lowest BCUT2D eigenvalue weighted by Gasteiger charge is -1.98. The number of nitrogens with zero attached hydrogens (tertiary/aromatic N) is 2. The molecule has 0 aliphatic carbocycles. The summed E-state index contributed by atoms with van der Waals surface area (Å²) in [5.74, 6) is 0.779. The quantitative estimate of drug-likeness (QED) is 0.686. The maximum absolute atomic E-state index is 4.39. The highest BCUT2D eigenvalue weighted by Gasteiger charge is 2.02. The molecule has 11 heavy (non-hydrogen) atoms. The molecule has 0 unspecified atom stereocenters. The summed E-state index contributed by atoms with van der Waals surface area (Å²) in [7, 11) is 0. The Hall–Kier alpha value is -0.440. The summed E-state index contributed by atoms with van der Waals surface area (Å²) in [6.07, 6.45) is 1.01. The fraction of sp³-hybridized carbons (Fsp3) is 0.625. The molecule has 0 saturated carbocycles. The Morgan fingerprint density at radius 1 is 1.55 bits per heavy atom. The topological polar surface area (TPSA) is 17.8 Å². The van der Waals surface area contributed by atoms with Gasteiger partial charge in [0.15, 0.2) is 0 Å². The molecular weight excluding hydrogens is 156 g/mol. The van der Waals surface area contributed by atoms with Gasteiger partial charge in [-0.05, 0) is 19.4 Å². The Balaban J connectivity index is 2.92. The second-order valence-electron chi connectivity index (χ2n) is 2.45. The Kier molecular flexibility index (Phi) is 3.00. The zero-order chi connectivity index (χ0) is 8.27. The van der Waals surface area contributed by atoms with E-state index in [9.17, 15) is 0 Å². The van der Waals surface area contributed by atoms with Crippen molar-refractivity contribution in [1.82, 2.24) is 9.78 Å². The van der Waals surface area contributed by atoms with E-state index in [1.54, 1.807) is 0 Å². The van der Waals surface area contributed by atoms with E-state index in [1.807, 2.05) is 4.68 Å². The predicted molar refractivity (Wildman–Crippen MR) is 50.0 cm³/mol. The lowest BCUT2D eigenvalue weighted by Crippen LogP contribution is -2.00. The van der Waals surface area contributed by atoms with Crippen LogP contribution in [0.2, 0.25) is 0 Å². The summed E-state index contributed by atoms with van der Waals surface area (Å²) in [4.78, 5) is 0. The highest BCUT2D eigenvalue weighted by Crippen LogP contribution is 2.07. The molecule has 0 radical (unpaired) electrons. The molecule has 0 saturated heterocycles. The molecule has 0 aliphatic rings. The fourth-order valence-electron chi connectivity index (χ4n) is 1.09. The van der Waals surface area contributed by atoms with Crippen LogP contribution >= 0.6 is 12.6 Å². The van der Waals surface area contributed by atoms with Crippen molar-refractivity contribution in [3.05, 3.63) is 17.5 Å². The van der Waals surface area contributed by atoms with Gasteiger partial charge in [0.1, 0.15) is 0 Å². The van der Waals surface area contributed by atoms with Crippen molar-refractivity contribution in [2.45, 2.75) is 32.6 Å². The van der Waals surface area contributed by atoms with Gasteiger partial charge in [0.2, 0.25) is 0 Å². The largest absolute Gasteiger partial charge is 0.269 e. The van der Waals surface area contributed by atoms with Gasteiger partial charge in [-0.2, -0.15) is 17.7 Å². The molecule has 2 nitrogen and oxygen atoms in total. The van der Waals surface area contributed by atoms with Gasteiger partial charge in [-0.25, -0.2) is 0 Å². The molecule has 0 spiro atoms. The van der Waals surface area contributed by atoms with E-state index in [0.717, 1.165) is 24.4 Å². The van der Waals surface area contributed by atoms with Crippen LogP contribution in [0.4, 0.5) is 0 Å². The van der Waals surface area contributed by atoms with Gasteiger partial charge in [0, 0.05) is 18.0 Å². The zero-order valence-electron chi connectivity index (χ0n) is 7.04. The molecule has 0 amide bonds. The molecular formula is C8H14N2S. The maximum atomic E-state index is 4.39. The maximum Gasteiger partial charge on any atom is 0.0625 e. The minimum absolute atomic E-state index is 0.779. The van der Waals surface area contributed by atoms with E-state index in [2.05, 4.69) is 37.6 Å². The molecule has 0 aliphatic heterocycles. The highest BCUT2D eigenvalue weighted by molar-refractivity contribution is 7.79. The second-order valence-corrected chi connectivity index (χ2v) is 2.77. The van der Waals surface area contributed by atoms with Crippen molar-refractivity contribution in [2.75, 3.05) is 0 Å². The Labute approximate surface area is 73.0 Å². The van der Waals surface area contributed by atoms with E-state index in [4.69, 9.17) is 0 Å². The van der Waals surface area contributed by atoms with Crippen molar-refractivity contribution >= 4 is 12.6 Å². The van der Waals surface area contributed by atoms with E-state index in [-0.39, 0.29) is 0 Å². The standard InChI is InChI=1S/C8H14N2S/c1-3-7-5-8(6-11)10(4-2)9-7/h5,11H,3-4,6H2,1-2H3. The van der Waals surface area contributed by atoms with Crippen LogP contribution in [-0.2, 0) is 18.7 Å². The third-order valence-electron chi connectivity index (χ3n) is 1.74. The van der Waals surface area contributed by atoms with Crippen LogP contribution in [0, 0.1) is 0 Å². The number of hydrogen-bond donors (Lipinski definition) is 1. The molecule has 0 aromatic carbocycles. The lowest BCUT2D eigenvalue weighted by molar-refractivity contribution is 0.628. The summed E-state index contributed by atoms with van der Waals surface area (Å²) in [5.41, 5.74) is 2.38. The van der Waals surface area contributed by atoms with Crippen LogP contribution in [0.5, 0.6) is 0 Å². The number of hydrogen-bond acceptors (Lipinski definition) is 2. The molecule has 3 heteroatoms. The Morgan fingerprint density at radius 2 is 2.27 bits per heavy atom. The molecule has 62 valence electrons. The monoisotopic (exact) mass is 170 g/mol. The van der Waals surface area contributed by atoms with Crippen molar-refractivity contribution in [2.24, 2.45) is 0 Å². The highest BCUT2D eigenvalue weighted by atomic mass is 32.1. The summed E-state index contributed by atoms with van der Waals surface area (Å²) < 4.78 is 2.01. The van der Waals surface area contributed by atoms with Gasteiger partial charge in [0.25, 0.3) is 0 Å². The van der Waals surface area contributed by atoms with Gasteiger partial charge in [0.05, 0.1) is 5.69 Å². The van der Waals surface area contributed by atoms with Gasteiger partial charge < -0.3 is 0 Å². The van der Waals surface area contributed by atoms with Gasteiger partial charge in [-0.15, -0.1) is 0 Å². The van der Waals surface area contributed by atoms with Crippen LogP contribution in [-0.4, -0.2) is 9.78 Å². The SMILES string of the molecule is CCc1cc(CS)n(CC)n1. The average molecular weight is 170 g/mol. The van der Waals surface area contributed by atoms with Gasteiger partial charge in [-0.1, -0.05) is 6.92 Å². The van der Waals surface area contributed by atoms with E-state index in [1.165, 1.54) is 5.69 Å². The van der Waals surface area contributed by atoms with Crippen molar-refractivity contribution in [1.29, 1.82) is 0 Å². The first-order valence-electron chi connectivity index (χ1n) is 3.98. The van der Waals surface area contributed by atoms with E-state index in [0.29, 0.717) is 0 Å². The third kappa shape index (κ3) is 1.77. The summed E-state index contributed by atoms with van der Waals surface area (Å²) in [6, 6.07) is 2.12. The van der Waals surface area contributed by atoms with Gasteiger partial charge >= 0.3 is 0 Å². The van der Waals surface area contributed by atoms with Crippen LogP contribution in [0.1, 0.15) is 25.2 Å². The Morgan fingerprint density at radius 3 is 2.64 bits per heavy atom. The van der Waals surface area contributed by atoms with E-state index < -0.39 is 0 Å². The average Bonchev–Trinajstić information content (AvgIpc) is 2.46. The van der Waals surface area contributed by atoms with Crippen LogP contribution < -0.4 is 0 Å². The number of aryl methyl sites for hydroxylation is 2. The summed E-state index contributed by atoms with van der Waals surface area (Å²) in [6.45, 7) is 5.15. The third-order valence-corrected chi connectivity index (χ3v) is 2.06. The molecule has 0 fully saturated rings.